The van der Waals surface area contributed by atoms with Gasteiger partial charge in [-0.2, -0.15) is 0 Å². The second kappa shape index (κ2) is 4.45. The quantitative estimate of drug-likeness (QED) is 0.861. The lowest BCUT2D eigenvalue weighted by Crippen LogP contribution is -2.02. The van der Waals surface area contributed by atoms with Crippen molar-refractivity contribution in [1.29, 1.82) is 0 Å². The van der Waals surface area contributed by atoms with E-state index in [0.29, 0.717) is 5.02 Å². The smallest absolute Gasteiger partial charge is 0.150 e. The topological polar surface area (TPSA) is 41.9 Å². The summed E-state index contributed by atoms with van der Waals surface area (Å²) in [4.78, 5) is 0. The second-order valence-corrected chi connectivity index (χ2v) is 3.74. The number of anilines is 2. The number of hydrogen-bond donors (Lipinski definition) is 2. The number of nitrogens with zero attached hydrogens (tertiary/aromatic N) is 2. The van der Waals surface area contributed by atoms with E-state index in [-0.39, 0.29) is 0 Å². The maximum atomic E-state index is 5.95. The Labute approximate surface area is 99.2 Å². The molecule has 1 aromatic heterocycles. The van der Waals surface area contributed by atoms with Crippen molar-refractivity contribution in [2.45, 2.75) is 0 Å². The molecule has 0 aliphatic carbocycles. The lowest BCUT2D eigenvalue weighted by Gasteiger charge is -2.06. The zero-order valence-electron chi connectivity index (χ0n) is 9.16. The van der Waals surface area contributed by atoms with Crippen molar-refractivity contribution in [2.75, 3.05) is 24.7 Å². The van der Waals surface area contributed by atoms with Crippen molar-refractivity contribution in [3.8, 4) is 5.69 Å². The Kier molecular flexibility index (Phi) is 3.01. The van der Waals surface area contributed by atoms with Crippen LogP contribution in [0.2, 0.25) is 5.02 Å². The van der Waals surface area contributed by atoms with E-state index in [4.69, 9.17) is 11.6 Å². The van der Waals surface area contributed by atoms with Gasteiger partial charge in [0.15, 0.2) is 0 Å². The van der Waals surface area contributed by atoms with E-state index in [9.17, 15) is 0 Å². The number of hydrogen-bond acceptors (Lipinski definition) is 3. The third-order valence-electron chi connectivity index (χ3n) is 2.27. The molecule has 0 unspecified atom stereocenters. The van der Waals surface area contributed by atoms with Gasteiger partial charge < -0.3 is 10.6 Å². The summed E-state index contributed by atoms with van der Waals surface area (Å²) in [7, 11) is 3.70. The molecule has 0 amide bonds. The van der Waals surface area contributed by atoms with Crippen LogP contribution in [0.5, 0.6) is 0 Å². The van der Waals surface area contributed by atoms with Crippen LogP contribution in [0.4, 0.5) is 11.6 Å². The van der Waals surface area contributed by atoms with Gasteiger partial charge in [0.25, 0.3) is 0 Å². The zero-order valence-corrected chi connectivity index (χ0v) is 9.92. The average Bonchev–Trinajstić information content (AvgIpc) is 2.72. The summed E-state index contributed by atoms with van der Waals surface area (Å²) in [6.07, 6.45) is 0. The van der Waals surface area contributed by atoms with Crippen LogP contribution in [0.15, 0.2) is 30.3 Å². The molecule has 0 spiro atoms. The van der Waals surface area contributed by atoms with Crippen LogP contribution in [0, 0.1) is 0 Å². The van der Waals surface area contributed by atoms with Crippen LogP contribution in [0.25, 0.3) is 5.69 Å². The molecule has 5 heteroatoms. The molecule has 84 valence electrons. The normalized spacial score (nSPS) is 10.2. The number of nitrogens with one attached hydrogen (secondary N) is 2. The Bertz CT molecular complexity index is 492. The fourth-order valence-electron chi connectivity index (χ4n) is 1.49. The van der Waals surface area contributed by atoms with Gasteiger partial charge in [-0.15, -0.1) is 5.10 Å². The predicted molar refractivity (Wildman–Crippen MR) is 67.7 cm³/mol. The van der Waals surface area contributed by atoms with E-state index in [1.807, 2.05) is 44.4 Å². The van der Waals surface area contributed by atoms with Crippen molar-refractivity contribution >= 4 is 23.2 Å². The molecule has 1 heterocycles. The third-order valence-corrected chi connectivity index (χ3v) is 2.51. The van der Waals surface area contributed by atoms with Gasteiger partial charge in [-0.3, -0.25) is 0 Å². The summed E-state index contributed by atoms with van der Waals surface area (Å²) in [5, 5.41) is 11.2. The van der Waals surface area contributed by atoms with Crippen LogP contribution >= 0.6 is 11.6 Å². The Hall–Kier alpha value is -1.68. The van der Waals surface area contributed by atoms with Crippen LogP contribution < -0.4 is 10.6 Å². The minimum absolute atomic E-state index is 0.695. The second-order valence-electron chi connectivity index (χ2n) is 3.31. The average molecular weight is 237 g/mol. The minimum atomic E-state index is 0.695. The Balaban J connectivity index is 2.50. The Morgan fingerprint density at radius 1 is 1.19 bits per heavy atom. The molecular weight excluding hydrogens is 224 g/mol. The maximum absolute atomic E-state index is 5.95. The summed E-state index contributed by atoms with van der Waals surface area (Å²) in [5.41, 5.74) is 0.929. The highest BCUT2D eigenvalue weighted by atomic mass is 35.5. The van der Waals surface area contributed by atoms with Gasteiger partial charge >= 0.3 is 0 Å². The van der Waals surface area contributed by atoms with Crippen molar-refractivity contribution in [1.82, 2.24) is 9.78 Å². The molecule has 16 heavy (non-hydrogen) atoms. The fraction of sp³-hybridized carbons (Fsp3) is 0.182. The third kappa shape index (κ3) is 1.97. The molecule has 2 N–H and O–H groups in total. The van der Waals surface area contributed by atoms with Crippen molar-refractivity contribution in [2.24, 2.45) is 0 Å². The molecule has 2 aromatic rings. The summed E-state index contributed by atoms with van der Waals surface area (Å²) in [5.74, 6) is 1.72. The van der Waals surface area contributed by atoms with Gasteiger partial charge in [0, 0.05) is 25.2 Å². The molecule has 0 aliphatic rings. The summed E-state index contributed by atoms with van der Waals surface area (Å²) in [6, 6.07) is 9.50. The summed E-state index contributed by atoms with van der Waals surface area (Å²) < 4.78 is 1.80. The SMILES string of the molecule is CNc1cc(NC)n(-c2cccc(Cl)c2)n1. The van der Waals surface area contributed by atoms with Crippen LogP contribution in [0.1, 0.15) is 0 Å². The molecule has 0 bridgehead atoms. The van der Waals surface area contributed by atoms with E-state index < -0.39 is 0 Å². The molecule has 0 radical (unpaired) electrons. The lowest BCUT2D eigenvalue weighted by atomic mass is 10.3. The van der Waals surface area contributed by atoms with Gasteiger partial charge in [-0.05, 0) is 18.2 Å². The minimum Gasteiger partial charge on any atom is -0.373 e. The highest BCUT2D eigenvalue weighted by Crippen LogP contribution is 2.21. The highest BCUT2D eigenvalue weighted by Gasteiger charge is 2.07. The first-order valence-corrected chi connectivity index (χ1v) is 5.34. The van der Waals surface area contributed by atoms with Crippen molar-refractivity contribution < 1.29 is 0 Å². The summed E-state index contributed by atoms with van der Waals surface area (Å²) in [6.45, 7) is 0. The van der Waals surface area contributed by atoms with Gasteiger partial charge in [0.2, 0.25) is 0 Å². The predicted octanol–water partition coefficient (Wildman–Crippen LogP) is 2.61. The monoisotopic (exact) mass is 236 g/mol. The molecular formula is C11H13ClN4. The molecule has 0 aliphatic heterocycles. The largest absolute Gasteiger partial charge is 0.373 e. The molecule has 0 saturated carbocycles. The van der Waals surface area contributed by atoms with E-state index in [0.717, 1.165) is 17.3 Å². The van der Waals surface area contributed by atoms with Crippen LogP contribution in [-0.2, 0) is 0 Å². The highest BCUT2D eigenvalue weighted by molar-refractivity contribution is 6.30. The molecule has 4 nitrogen and oxygen atoms in total. The van der Waals surface area contributed by atoms with E-state index in [1.54, 1.807) is 4.68 Å². The van der Waals surface area contributed by atoms with Gasteiger partial charge in [0.05, 0.1) is 5.69 Å². The molecule has 2 rings (SSSR count). The van der Waals surface area contributed by atoms with Gasteiger partial charge in [-0.1, -0.05) is 17.7 Å². The number of aromatic nitrogens is 2. The molecule has 0 saturated heterocycles. The lowest BCUT2D eigenvalue weighted by molar-refractivity contribution is 0.888. The molecule has 0 fully saturated rings. The first-order chi connectivity index (χ1) is 7.74. The van der Waals surface area contributed by atoms with Crippen LogP contribution in [0.3, 0.4) is 0 Å². The molecule has 1 aromatic carbocycles. The Morgan fingerprint density at radius 2 is 2.00 bits per heavy atom. The summed E-state index contributed by atoms with van der Waals surface area (Å²) >= 11 is 5.95. The van der Waals surface area contributed by atoms with E-state index in [2.05, 4.69) is 15.7 Å². The van der Waals surface area contributed by atoms with Gasteiger partial charge in [0.1, 0.15) is 11.6 Å². The Morgan fingerprint density at radius 3 is 2.62 bits per heavy atom. The first-order valence-electron chi connectivity index (χ1n) is 4.96. The van der Waals surface area contributed by atoms with Crippen molar-refractivity contribution in [3.05, 3.63) is 35.4 Å². The van der Waals surface area contributed by atoms with E-state index in [1.165, 1.54) is 0 Å². The standard InChI is InChI=1S/C11H13ClN4/c1-13-10-7-11(14-2)16(15-10)9-5-3-4-8(12)6-9/h3-7,14H,1-2H3,(H,13,15). The number of rotatable bonds is 3. The fourth-order valence-corrected chi connectivity index (χ4v) is 1.67. The maximum Gasteiger partial charge on any atom is 0.150 e. The number of halogens is 1. The van der Waals surface area contributed by atoms with Crippen LogP contribution in [-0.4, -0.2) is 23.9 Å². The van der Waals surface area contributed by atoms with E-state index >= 15 is 0 Å². The number of benzene rings is 1. The van der Waals surface area contributed by atoms with Gasteiger partial charge in [-0.25, -0.2) is 4.68 Å². The van der Waals surface area contributed by atoms with Crippen molar-refractivity contribution in [3.63, 3.8) is 0 Å². The first kappa shape index (κ1) is 10.8. The molecule has 0 atom stereocenters. The zero-order chi connectivity index (χ0) is 11.5.